The van der Waals surface area contributed by atoms with Crippen molar-refractivity contribution in [2.75, 3.05) is 0 Å². The van der Waals surface area contributed by atoms with E-state index in [1.807, 2.05) is 50.6 Å². The molecule has 0 saturated heterocycles. The van der Waals surface area contributed by atoms with Gasteiger partial charge in [0.1, 0.15) is 18.7 Å². The van der Waals surface area contributed by atoms with Crippen LogP contribution in [0.25, 0.3) is 17.0 Å². The number of nitrogens with zero attached hydrogens (tertiary/aromatic N) is 7. The van der Waals surface area contributed by atoms with E-state index in [2.05, 4.69) is 20.3 Å². The van der Waals surface area contributed by atoms with Gasteiger partial charge < -0.3 is 9.47 Å². The van der Waals surface area contributed by atoms with Crippen molar-refractivity contribution in [1.29, 1.82) is 0 Å². The number of nitrogens with one attached hydrogen (secondary N) is 1. The van der Waals surface area contributed by atoms with Gasteiger partial charge >= 0.3 is 0 Å². The number of hydrogen-bond acceptors (Lipinski definition) is 7. The van der Waals surface area contributed by atoms with Crippen molar-refractivity contribution < 1.29 is 9.47 Å². The minimum atomic E-state index is -0.219. The van der Waals surface area contributed by atoms with Gasteiger partial charge in [-0.3, -0.25) is 9.78 Å². The summed E-state index contributed by atoms with van der Waals surface area (Å²) < 4.78 is 15.4. The second-order valence-electron chi connectivity index (χ2n) is 9.28. The fourth-order valence-corrected chi connectivity index (χ4v) is 5.27. The first-order chi connectivity index (χ1) is 18.9. The lowest BCUT2D eigenvalue weighted by atomic mass is 9.86. The first kappa shape index (κ1) is 23.7. The summed E-state index contributed by atoms with van der Waals surface area (Å²) in [5, 5.41) is 17.5. The van der Waals surface area contributed by atoms with E-state index in [-0.39, 0.29) is 5.92 Å². The van der Waals surface area contributed by atoms with Crippen molar-refractivity contribution >= 4 is 28.8 Å². The zero-order chi connectivity index (χ0) is 26.7. The highest BCUT2D eigenvalue weighted by Gasteiger charge is 2.37. The normalized spacial score (nSPS) is 14.2. The van der Waals surface area contributed by atoms with Crippen molar-refractivity contribution in [2.45, 2.75) is 19.4 Å². The Morgan fingerprint density at radius 3 is 2.69 bits per heavy atom. The molecule has 0 aliphatic carbocycles. The van der Waals surface area contributed by atoms with Crippen LogP contribution >= 0.6 is 23.2 Å². The van der Waals surface area contributed by atoms with E-state index in [4.69, 9.17) is 42.8 Å². The summed E-state index contributed by atoms with van der Waals surface area (Å²) in [5.74, 6) is 1.87. The maximum absolute atomic E-state index is 6.22. The van der Waals surface area contributed by atoms with Crippen LogP contribution in [0.3, 0.4) is 0 Å². The molecule has 1 atom stereocenters. The quantitative estimate of drug-likeness (QED) is 0.287. The smallest absolute Gasteiger partial charge is 0.244 e. The van der Waals surface area contributed by atoms with Crippen LogP contribution in [0.2, 0.25) is 10.0 Å². The predicted molar refractivity (Wildman–Crippen MR) is 145 cm³/mol. The number of benzene rings is 2. The Hall–Kier alpha value is -4.41. The van der Waals surface area contributed by atoms with Crippen molar-refractivity contribution in [1.82, 2.24) is 39.6 Å². The van der Waals surface area contributed by atoms with Crippen LogP contribution in [0.1, 0.15) is 33.9 Å². The summed E-state index contributed by atoms with van der Waals surface area (Å²) in [6.45, 7) is 2.33. The maximum Gasteiger partial charge on any atom is 0.244 e. The molecule has 4 aromatic heterocycles. The molecule has 1 aliphatic heterocycles. The van der Waals surface area contributed by atoms with Crippen LogP contribution in [0.5, 0.6) is 17.5 Å². The van der Waals surface area contributed by atoms with E-state index in [1.54, 1.807) is 33.7 Å². The lowest BCUT2D eigenvalue weighted by Crippen LogP contribution is -2.14. The number of aromatic amines is 1. The van der Waals surface area contributed by atoms with Gasteiger partial charge in [0.05, 0.1) is 22.7 Å². The lowest BCUT2D eigenvalue weighted by Gasteiger charge is -2.24. The molecule has 6 aromatic rings. The number of aryl methyl sites for hydroxylation is 2. The number of ether oxygens (including phenoxy) is 2. The molecular weight excluding hydrogens is 539 g/mol. The highest BCUT2D eigenvalue weighted by Crippen LogP contribution is 2.48. The van der Waals surface area contributed by atoms with Crippen LogP contribution < -0.4 is 9.47 Å². The Morgan fingerprint density at radius 2 is 1.92 bits per heavy atom. The summed E-state index contributed by atoms with van der Waals surface area (Å²) in [7, 11) is 1.89. The van der Waals surface area contributed by atoms with Gasteiger partial charge in [-0.1, -0.05) is 47.5 Å². The monoisotopic (exact) mass is 558 g/mol. The van der Waals surface area contributed by atoms with Crippen LogP contribution in [0, 0.1) is 6.92 Å². The summed E-state index contributed by atoms with van der Waals surface area (Å²) in [5.41, 5.74) is 6.11. The van der Waals surface area contributed by atoms with Gasteiger partial charge in [0.25, 0.3) is 0 Å². The molecule has 39 heavy (non-hydrogen) atoms. The zero-order valence-corrected chi connectivity index (χ0v) is 22.3. The third kappa shape index (κ3) is 4.08. The van der Waals surface area contributed by atoms with Gasteiger partial charge in [0.2, 0.25) is 11.8 Å². The number of H-pyrrole nitrogens is 1. The Labute approximate surface area is 232 Å². The van der Waals surface area contributed by atoms with E-state index < -0.39 is 0 Å². The first-order valence-corrected chi connectivity index (χ1v) is 12.8. The van der Waals surface area contributed by atoms with E-state index in [1.165, 1.54) is 0 Å². The summed E-state index contributed by atoms with van der Waals surface area (Å²) in [4.78, 5) is 9.47. The van der Waals surface area contributed by atoms with Crippen LogP contribution in [-0.2, 0) is 13.7 Å². The molecule has 0 spiro atoms. The largest absolute Gasteiger partial charge is 0.487 e. The number of rotatable bonds is 5. The molecule has 5 heterocycles. The number of aromatic nitrogens is 8. The van der Waals surface area contributed by atoms with E-state index in [0.717, 1.165) is 33.5 Å². The average Bonchev–Trinajstić information content (AvgIpc) is 3.66. The molecule has 2 aromatic carbocycles. The summed E-state index contributed by atoms with van der Waals surface area (Å²) >= 11 is 12.2. The topological polar surface area (TPSA) is 108 Å². The van der Waals surface area contributed by atoms with Gasteiger partial charge in [-0.05, 0) is 30.7 Å². The maximum atomic E-state index is 6.22. The van der Waals surface area contributed by atoms with E-state index in [9.17, 15) is 0 Å². The fourth-order valence-electron chi connectivity index (χ4n) is 4.81. The van der Waals surface area contributed by atoms with Crippen molar-refractivity contribution in [2.24, 2.45) is 7.05 Å². The van der Waals surface area contributed by atoms with Gasteiger partial charge in [-0.2, -0.15) is 5.10 Å². The van der Waals surface area contributed by atoms with Gasteiger partial charge in [0, 0.05) is 40.7 Å². The standard InChI is InChI=1S/C27H20Cl2N8O2/c1-14-21-22(17-10-31-36(2)11-17)23-25-32-24(35-37(25)13-30-26(23)39-27(21)34-33-14)16-5-3-15(4-6-16)12-38-20-8-7-18(28)9-19(20)29/h3-11,13,22H,12H2,1-2H3,(H,33,34). The molecule has 10 nitrogen and oxygen atoms in total. The number of fused-ring (bicyclic) bond motifs is 4. The molecular formula is C27H20Cl2N8O2. The molecule has 0 radical (unpaired) electrons. The highest BCUT2D eigenvalue weighted by atomic mass is 35.5. The van der Waals surface area contributed by atoms with Gasteiger partial charge in [-0.25, -0.2) is 14.5 Å². The Bertz CT molecular complexity index is 1860. The van der Waals surface area contributed by atoms with Crippen molar-refractivity contribution in [3.63, 3.8) is 0 Å². The molecule has 1 unspecified atom stereocenters. The van der Waals surface area contributed by atoms with E-state index >= 15 is 0 Å². The third-order valence-corrected chi connectivity index (χ3v) is 7.21. The van der Waals surface area contributed by atoms with E-state index in [0.29, 0.717) is 45.6 Å². The minimum absolute atomic E-state index is 0.219. The van der Waals surface area contributed by atoms with Crippen molar-refractivity contribution in [3.8, 4) is 28.9 Å². The van der Waals surface area contributed by atoms with Gasteiger partial charge in [-0.15, -0.1) is 10.2 Å². The molecule has 12 heteroatoms. The SMILES string of the molecule is Cc1[nH]nc2c1C(c1cnn(C)c1)c1c(ncn3nc(-c4ccc(COc5ccc(Cl)cc5Cl)cc4)nc13)O2. The van der Waals surface area contributed by atoms with Crippen LogP contribution in [0.15, 0.2) is 61.2 Å². The Kier molecular flexibility index (Phi) is 5.53. The molecule has 194 valence electrons. The second-order valence-corrected chi connectivity index (χ2v) is 10.1. The minimum Gasteiger partial charge on any atom is -0.487 e. The van der Waals surface area contributed by atoms with Crippen molar-refractivity contribution in [3.05, 3.63) is 99.2 Å². The molecule has 1 aliphatic rings. The summed E-state index contributed by atoms with van der Waals surface area (Å²) in [6, 6.07) is 13.0. The lowest BCUT2D eigenvalue weighted by molar-refractivity contribution is 0.306. The Morgan fingerprint density at radius 1 is 1.08 bits per heavy atom. The van der Waals surface area contributed by atoms with Crippen LogP contribution in [0.4, 0.5) is 0 Å². The third-order valence-electron chi connectivity index (χ3n) is 6.68. The average molecular weight is 559 g/mol. The second kappa shape index (κ2) is 9.11. The molecule has 0 fully saturated rings. The molecule has 0 amide bonds. The molecule has 0 saturated carbocycles. The fraction of sp³-hybridized carbons (Fsp3) is 0.148. The Balaban J connectivity index is 1.23. The highest BCUT2D eigenvalue weighted by molar-refractivity contribution is 6.35. The predicted octanol–water partition coefficient (Wildman–Crippen LogP) is 5.73. The van der Waals surface area contributed by atoms with Crippen LogP contribution in [-0.4, -0.2) is 39.6 Å². The summed E-state index contributed by atoms with van der Waals surface area (Å²) in [6.07, 6.45) is 5.43. The molecule has 0 bridgehead atoms. The number of hydrogen-bond donors (Lipinski definition) is 1. The first-order valence-electron chi connectivity index (χ1n) is 12.1. The number of halogens is 2. The zero-order valence-electron chi connectivity index (χ0n) is 20.8. The molecule has 1 N–H and O–H groups in total. The molecule has 7 rings (SSSR count). The van der Waals surface area contributed by atoms with Gasteiger partial charge in [0.15, 0.2) is 11.5 Å².